The molecule has 0 unspecified atom stereocenters. The maximum Gasteiger partial charge on any atom is 0.151 e. The number of carbonyl (C=O) groups is 1. The molecule has 18 heavy (non-hydrogen) atoms. The molecule has 0 atom stereocenters. The largest absolute Gasteiger partial charge is 0.395 e. The van der Waals surface area contributed by atoms with Crippen molar-refractivity contribution in [2.45, 2.75) is 38.1 Å². The van der Waals surface area contributed by atoms with Crippen LogP contribution in [0.2, 0.25) is 0 Å². The van der Waals surface area contributed by atoms with Crippen LogP contribution in [0.25, 0.3) is 0 Å². The molecule has 1 fully saturated rings. The van der Waals surface area contributed by atoms with Crippen molar-refractivity contribution in [3.05, 3.63) is 23.9 Å². The number of carbonyl (C=O) groups excluding carboxylic acids is 1. The molecule has 1 aromatic rings. The Hall–Kier alpha value is -1.42. The number of aliphatic hydroxyl groups is 1. The van der Waals surface area contributed by atoms with E-state index in [1.165, 1.54) is 19.3 Å². The lowest BCUT2D eigenvalue weighted by atomic mass is 9.94. The molecule has 2 rings (SSSR count). The van der Waals surface area contributed by atoms with Gasteiger partial charge in [0.1, 0.15) is 5.82 Å². The number of aromatic nitrogens is 1. The van der Waals surface area contributed by atoms with E-state index in [0.29, 0.717) is 18.2 Å². The average molecular weight is 248 g/mol. The number of anilines is 1. The number of aliphatic hydroxyl groups excluding tert-OH is 1. The second kappa shape index (κ2) is 6.50. The molecule has 0 spiro atoms. The van der Waals surface area contributed by atoms with E-state index in [4.69, 9.17) is 0 Å². The van der Waals surface area contributed by atoms with Gasteiger partial charge in [0.2, 0.25) is 0 Å². The van der Waals surface area contributed by atoms with E-state index in [0.717, 1.165) is 24.9 Å². The third-order valence-electron chi connectivity index (χ3n) is 3.56. The summed E-state index contributed by atoms with van der Waals surface area (Å²) in [5.41, 5.74) is 0.589. The van der Waals surface area contributed by atoms with Gasteiger partial charge in [-0.1, -0.05) is 19.3 Å². The highest BCUT2D eigenvalue weighted by molar-refractivity contribution is 5.74. The minimum Gasteiger partial charge on any atom is -0.395 e. The van der Waals surface area contributed by atoms with Gasteiger partial charge in [-0.05, 0) is 25.0 Å². The van der Waals surface area contributed by atoms with E-state index < -0.39 is 0 Å². The van der Waals surface area contributed by atoms with Gasteiger partial charge < -0.3 is 10.0 Å². The fourth-order valence-electron chi connectivity index (χ4n) is 2.62. The van der Waals surface area contributed by atoms with Gasteiger partial charge in [0.25, 0.3) is 0 Å². The Morgan fingerprint density at radius 3 is 2.67 bits per heavy atom. The summed E-state index contributed by atoms with van der Waals surface area (Å²) in [6.07, 6.45) is 8.52. The molecule has 1 aliphatic rings. The zero-order valence-electron chi connectivity index (χ0n) is 10.6. The standard InChI is InChI=1S/C14H20N2O2/c17-9-8-16(13-4-2-1-3-5-13)14-7-6-12(11-18)10-15-14/h6-7,10-11,13,17H,1-5,8-9H2. The molecule has 0 bridgehead atoms. The van der Waals surface area contributed by atoms with Gasteiger partial charge in [-0.2, -0.15) is 0 Å². The summed E-state index contributed by atoms with van der Waals surface area (Å²) >= 11 is 0. The molecule has 98 valence electrons. The average Bonchev–Trinajstić information content (AvgIpc) is 2.46. The third kappa shape index (κ3) is 3.07. The Balaban J connectivity index is 2.13. The summed E-state index contributed by atoms with van der Waals surface area (Å²) in [6, 6.07) is 4.12. The first-order chi connectivity index (χ1) is 8.85. The molecule has 4 heteroatoms. The van der Waals surface area contributed by atoms with Crippen LogP contribution in [0.3, 0.4) is 0 Å². The van der Waals surface area contributed by atoms with E-state index >= 15 is 0 Å². The minimum atomic E-state index is 0.133. The molecule has 0 amide bonds. The van der Waals surface area contributed by atoms with Crippen LogP contribution in [-0.2, 0) is 0 Å². The van der Waals surface area contributed by atoms with Gasteiger partial charge in [0, 0.05) is 24.3 Å². The fraction of sp³-hybridized carbons (Fsp3) is 0.571. The van der Waals surface area contributed by atoms with Crippen LogP contribution in [0, 0.1) is 0 Å². The summed E-state index contributed by atoms with van der Waals surface area (Å²) in [5, 5.41) is 9.20. The van der Waals surface area contributed by atoms with Gasteiger partial charge in [-0.25, -0.2) is 4.98 Å². The Labute approximate surface area is 108 Å². The van der Waals surface area contributed by atoms with Crippen molar-refractivity contribution < 1.29 is 9.90 Å². The first-order valence-corrected chi connectivity index (χ1v) is 6.64. The van der Waals surface area contributed by atoms with Gasteiger partial charge in [-0.3, -0.25) is 4.79 Å². The molecule has 1 aromatic heterocycles. The first-order valence-electron chi connectivity index (χ1n) is 6.64. The van der Waals surface area contributed by atoms with E-state index in [1.54, 1.807) is 12.3 Å². The summed E-state index contributed by atoms with van der Waals surface area (Å²) in [5.74, 6) is 0.863. The lowest BCUT2D eigenvalue weighted by molar-refractivity contribution is 0.112. The number of hydrogen-bond donors (Lipinski definition) is 1. The lowest BCUT2D eigenvalue weighted by Crippen LogP contribution is -2.39. The Morgan fingerprint density at radius 1 is 1.33 bits per heavy atom. The van der Waals surface area contributed by atoms with Crippen molar-refractivity contribution in [1.29, 1.82) is 0 Å². The molecular weight excluding hydrogens is 228 g/mol. The predicted octanol–water partition coefficient (Wildman–Crippen LogP) is 2.03. The van der Waals surface area contributed by atoms with Crippen molar-refractivity contribution >= 4 is 12.1 Å². The zero-order valence-corrected chi connectivity index (χ0v) is 10.6. The highest BCUT2D eigenvalue weighted by Crippen LogP contribution is 2.25. The monoisotopic (exact) mass is 248 g/mol. The summed E-state index contributed by atoms with van der Waals surface area (Å²) in [7, 11) is 0. The van der Waals surface area contributed by atoms with Crippen LogP contribution in [0.5, 0.6) is 0 Å². The third-order valence-corrected chi connectivity index (χ3v) is 3.56. The van der Waals surface area contributed by atoms with Crippen LogP contribution < -0.4 is 4.90 Å². The number of hydrogen-bond acceptors (Lipinski definition) is 4. The quantitative estimate of drug-likeness (QED) is 0.810. The van der Waals surface area contributed by atoms with E-state index in [2.05, 4.69) is 9.88 Å². The van der Waals surface area contributed by atoms with Gasteiger partial charge in [-0.15, -0.1) is 0 Å². The number of pyridine rings is 1. The number of rotatable bonds is 5. The van der Waals surface area contributed by atoms with Crippen molar-refractivity contribution in [3.63, 3.8) is 0 Å². The predicted molar refractivity (Wildman–Crippen MR) is 70.9 cm³/mol. The van der Waals surface area contributed by atoms with E-state index in [9.17, 15) is 9.90 Å². The van der Waals surface area contributed by atoms with Crippen molar-refractivity contribution in [1.82, 2.24) is 4.98 Å². The molecule has 0 radical (unpaired) electrons. The van der Waals surface area contributed by atoms with Crippen molar-refractivity contribution in [3.8, 4) is 0 Å². The first kappa shape index (κ1) is 13.0. The molecule has 0 aromatic carbocycles. The van der Waals surface area contributed by atoms with Crippen LogP contribution in [0.1, 0.15) is 42.5 Å². The molecule has 1 aliphatic carbocycles. The van der Waals surface area contributed by atoms with Crippen molar-refractivity contribution in [2.24, 2.45) is 0 Å². The normalized spacial score (nSPS) is 16.5. The SMILES string of the molecule is O=Cc1ccc(N(CCO)C2CCCCC2)nc1. The Kier molecular flexibility index (Phi) is 4.70. The molecular formula is C14H20N2O2. The van der Waals surface area contributed by atoms with E-state index in [1.807, 2.05) is 6.07 Å². The van der Waals surface area contributed by atoms with Crippen molar-refractivity contribution in [2.75, 3.05) is 18.1 Å². The summed E-state index contributed by atoms with van der Waals surface area (Å²) < 4.78 is 0. The summed E-state index contributed by atoms with van der Waals surface area (Å²) in [4.78, 5) is 17.1. The molecule has 4 nitrogen and oxygen atoms in total. The minimum absolute atomic E-state index is 0.133. The highest BCUT2D eigenvalue weighted by atomic mass is 16.3. The highest BCUT2D eigenvalue weighted by Gasteiger charge is 2.21. The van der Waals surface area contributed by atoms with Crippen LogP contribution in [-0.4, -0.2) is 35.6 Å². The molecule has 1 heterocycles. The number of nitrogens with zero attached hydrogens (tertiary/aromatic N) is 2. The van der Waals surface area contributed by atoms with Crippen LogP contribution >= 0.6 is 0 Å². The maximum atomic E-state index is 10.6. The topological polar surface area (TPSA) is 53.4 Å². The van der Waals surface area contributed by atoms with E-state index in [-0.39, 0.29) is 6.61 Å². The zero-order chi connectivity index (χ0) is 12.8. The Bertz CT molecular complexity index is 372. The molecule has 1 saturated carbocycles. The van der Waals surface area contributed by atoms with Gasteiger partial charge in [0.15, 0.2) is 6.29 Å². The van der Waals surface area contributed by atoms with Crippen LogP contribution in [0.4, 0.5) is 5.82 Å². The maximum absolute atomic E-state index is 10.6. The van der Waals surface area contributed by atoms with Gasteiger partial charge in [0.05, 0.1) is 6.61 Å². The number of aldehydes is 1. The lowest BCUT2D eigenvalue weighted by Gasteiger charge is -2.34. The molecule has 0 aliphatic heterocycles. The Morgan fingerprint density at radius 2 is 2.11 bits per heavy atom. The smallest absolute Gasteiger partial charge is 0.151 e. The van der Waals surface area contributed by atoms with Gasteiger partial charge >= 0.3 is 0 Å². The second-order valence-corrected chi connectivity index (χ2v) is 4.78. The molecule has 0 saturated heterocycles. The summed E-state index contributed by atoms with van der Waals surface area (Å²) in [6.45, 7) is 0.742. The second-order valence-electron chi connectivity index (χ2n) is 4.78. The van der Waals surface area contributed by atoms with Crippen LogP contribution in [0.15, 0.2) is 18.3 Å². The fourth-order valence-corrected chi connectivity index (χ4v) is 2.62. The molecule has 1 N–H and O–H groups in total.